The monoisotopic (exact) mass is 567 g/mol. The number of halogens is 2. The first-order chi connectivity index (χ1) is 17.2. The standard InChI is InChI=1S/C28H35Cl2NO5S/c1-16(2)37(35,36)26(19-9-11-21(29)12-10-19)18(4)17(3)25-23(20-7-6-8-22(30)13-20)14-28(5,15-24(32)33)27(34)31-25/h6-13,16-18,23,25-26H,14-15H2,1-5H3,(H,31,34)(H,32,33)/t17?,18?,23-,25+,26?,28-/m1/s1. The lowest BCUT2D eigenvalue weighted by Gasteiger charge is -2.46. The number of carboxylic acid groups (broad SMARTS) is 1. The van der Waals surface area contributed by atoms with Crippen LogP contribution in [0, 0.1) is 17.3 Å². The number of hydrogen-bond acceptors (Lipinski definition) is 4. The van der Waals surface area contributed by atoms with E-state index < -0.39 is 37.8 Å². The maximum Gasteiger partial charge on any atom is 0.304 e. The summed E-state index contributed by atoms with van der Waals surface area (Å²) in [6.45, 7) is 8.86. The molecule has 1 saturated heterocycles. The number of rotatable bonds is 9. The first kappa shape index (κ1) is 29.5. The van der Waals surface area contributed by atoms with E-state index in [9.17, 15) is 23.1 Å². The maximum absolute atomic E-state index is 13.6. The highest BCUT2D eigenvalue weighted by atomic mass is 35.5. The van der Waals surface area contributed by atoms with Crippen molar-refractivity contribution in [1.82, 2.24) is 5.32 Å². The molecule has 3 unspecified atom stereocenters. The average molecular weight is 569 g/mol. The Morgan fingerprint density at radius 3 is 2.24 bits per heavy atom. The van der Waals surface area contributed by atoms with Gasteiger partial charge in [0.05, 0.1) is 22.3 Å². The lowest BCUT2D eigenvalue weighted by molar-refractivity contribution is -0.147. The van der Waals surface area contributed by atoms with Gasteiger partial charge in [-0.2, -0.15) is 0 Å². The number of carbonyl (C=O) groups excluding carboxylic acids is 1. The molecule has 0 aliphatic carbocycles. The molecular formula is C28H35Cl2NO5S. The molecule has 1 fully saturated rings. The fourth-order valence-corrected chi connectivity index (χ4v) is 7.81. The molecule has 0 aromatic heterocycles. The minimum Gasteiger partial charge on any atom is -0.481 e. The van der Waals surface area contributed by atoms with Crippen LogP contribution < -0.4 is 5.32 Å². The van der Waals surface area contributed by atoms with E-state index in [4.69, 9.17) is 23.2 Å². The third kappa shape index (κ3) is 6.32. The first-order valence-electron chi connectivity index (χ1n) is 12.4. The van der Waals surface area contributed by atoms with Crippen molar-refractivity contribution in [3.63, 3.8) is 0 Å². The zero-order valence-corrected chi connectivity index (χ0v) is 24.1. The van der Waals surface area contributed by atoms with E-state index in [-0.39, 0.29) is 30.1 Å². The molecule has 37 heavy (non-hydrogen) atoms. The van der Waals surface area contributed by atoms with E-state index in [1.807, 2.05) is 32.0 Å². The lowest BCUT2D eigenvalue weighted by Crippen LogP contribution is -2.57. The average Bonchev–Trinajstić information content (AvgIpc) is 2.80. The van der Waals surface area contributed by atoms with Gasteiger partial charge < -0.3 is 10.4 Å². The second kappa shape index (κ2) is 11.3. The van der Waals surface area contributed by atoms with Gasteiger partial charge in [0.25, 0.3) is 0 Å². The molecule has 0 saturated carbocycles. The summed E-state index contributed by atoms with van der Waals surface area (Å²) in [6.07, 6.45) is -0.00255. The SMILES string of the molecule is CC(C(C)[C@@H]1NC(=O)[C@@](C)(CC(=O)O)C[C@@H]1c1cccc(Cl)c1)C(c1ccc(Cl)cc1)S(=O)(=O)C(C)C. The zero-order chi connectivity index (χ0) is 27.7. The fourth-order valence-electron chi connectivity index (χ4n) is 5.52. The Labute approximate surface area is 229 Å². The van der Waals surface area contributed by atoms with E-state index in [1.165, 1.54) is 0 Å². The van der Waals surface area contributed by atoms with Gasteiger partial charge in [-0.1, -0.05) is 68.2 Å². The van der Waals surface area contributed by atoms with Gasteiger partial charge in [0.2, 0.25) is 5.91 Å². The highest BCUT2D eigenvalue weighted by Gasteiger charge is 2.49. The van der Waals surface area contributed by atoms with Crippen LogP contribution in [0.15, 0.2) is 48.5 Å². The number of sulfone groups is 1. The summed E-state index contributed by atoms with van der Waals surface area (Å²) < 4.78 is 27.3. The Morgan fingerprint density at radius 2 is 1.70 bits per heavy atom. The third-order valence-electron chi connectivity index (χ3n) is 7.85. The van der Waals surface area contributed by atoms with E-state index >= 15 is 0 Å². The molecule has 1 heterocycles. The molecule has 3 rings (SSSR count). The predicted octanol–water partition coefficient (Wildman–Crippen LogP) is 6.28. The minimum absolute atomic E-state index is 0.258. The van der Waals surface area contributed by atoms with Gasteiger partial charge in [-0.15, -0.1) is 0 Å². The van der Waals surface area contributed by atoms with Crippen LogP contribution in [-0.4, -0.2) is 36.7 Å². The van der Waals surface area contributed by atoms with Crippen LogP contribution in [0.3, 0.4) is 0 Å². The van der Waals surface area contributed by atoms with Gasteiger partial charge in [-0.05, 0) is 67.5 Å². The van der Waals surface area contributed by atoms with E-state index in [1.54, 1.807) is 51.1 Å². The molecule has 6 atom stereocenters. The summed E-state index contributed by atoms with van der Waals surface area (Å²) in [5.41, 5.74) is 0.412. The van der Waals surface area contributed by atoms with Gasteiger partial charge in [0.1, 0.15) is 0 Å². The number of amides is 1. The van der Waals surface area contributed by atoms with Gasteiger partial charge in [0, 0.05) is 22.0 Å². The van der Waals surface area contributed by atoms with Crippen molar-refractivity contribution in [2.24, 2.45) is 17.3 Å². The Kier molecular flexibility index (Phi) is 9.03. The third-order valence-corrected chi connectivity index (χ3v) is 11.1. The number of hydrogen-bond donors (Lipinski definition) is 2. The van der Waals surface area contributed by atoms with Gasteiger partial charge in [-0.25, -0.2) is 8.42 Å². The normalized spacial score (nSPS) is 24.8. The summed E-state index contributed by atoms with van der Waals surface area (Å²) in [5.74, 6) is -2.31. The van der Waals surface area contributed by atoms with Gasteiger partial charge in [0.15, 0.2) is 9.84 Å². The molecule has 2 N–H and O–H groups in total. The Hall–Kier alpha value is -2.09. The summed E-state index contributed by atoms with van der Waals surface area (Å²) in [6, 6.07) is 13.8. The Balaban J connectivity index is 2.08. The number of carboxylic acids is 1. The molecular weight excluding hydrogens is 533 g/mol. The molecule has 202 valence electrons. The fraction of sp³-hybridized carbons (Fsp3) is 0.500. The summed E-state index contributed by atoms with van der Waals surface area (Å²) >= 11 is 12.4. The lowest BCUT2D eigenvalue weighted by atomic mass is 9.66. The van der Waals surface area contributed by atoms with Crippen LogP contribution in [0.1, 0.15) is 69.8 Å². The summed E-state index contributed by atoms with van der Waals surface area (Å²) in [5, 5.41) is 12.2. The van der Waals surface area contributed by atoms with Crippen LogP contribution >= 0.6 is 23.2 Å². The van der Waals surface area contributed by atoms with Crippen LogP contribution in [0.5, 0.6) is 0 Å². The summed E-state index contributed by atoms with van der Waals surface area (Å²) in [4.78, 5) is 24.9. The zero-order valence-electron chi connectivity index (χ0n) is 21.7. The molecule has 2 aromatic carbocycles. The molecule has 0 radical (unpaired) electrons. The van der Waals surface area contributed by atoms with Gasteiger partial charge >= 0.3 is 5.97 Å². The Morgan fingerprint density at radius 1 is 1.08 bits per heavy atom. The van der Waals surface area contributed by atoms with Crippen LogP contribution in [-0.2, 0) is 19.4 Å². The Bertz CT molecular complexity index is 1250. The van der Waals surface area contributed by atoms with Crippen molar-refractivity contribution >= 4 is 44.9 Å². The minimum atomic E-state index is -3.58. The molecule has 1 aliphatic heterocycles. The number of benzene rings is 2. The van der Waals surface area contributed by atoms with Crippen molar-refractivity contribution in [2.45, 2.75) is 69.9 Å². The molecule has 0 spiro atoms. The largest absolute Gasteiger partial charge is 0.481 e. The van der Waals surface area contributed by atoms with Crippen LogP contribution in [0.25, 0.3) is 0 Å². The number of nitrogens with one attached hydrogen (secondary N) is 1. The number of aliphatic carboxylic acids is 1. The molecule has 9 heteroatoms. The smallest absolute Gasteiger partial charge is 0.304 e. The molecule has 2 aromatic rings. The van der Waals surface area contributed by atoms with Crippen molar-refractivity contribution in [2.75, 3.05) is 0 Å². The number of carbonyl (C=O) groups is 2. The van der Waals surface area contributed by atoms with Crippen molar-refractivity contribution in [3.05, 3.63) is 69.7 Å². The van der Waals surface area contributed by atoms with Crippen molar-refractivity contribution < 1.29 is 23.1 Å². The quantitative estimate of drug-likeness (QED) is 0.371. The van der Waals surface area contributed by atoms with Crippen molar-refractivity contribution in [3.8, 4) is 0 Å². The van der Waals surface area contributed by atoms with E-state index in [0.717, 1.165) is 5.56 Å². The summed E-state index contributed by atoms with van der Waals surface area (Å²) in [7, 11) is -3.58. The predicted molar refractivity (Wildman–Crippen MR) is 148 cm³/mol. The van der Waals surface area contributed by atoms with Crippen LogP contribution in [0.4, 0.5) is 0 Å². The first-order valence-corrected chi connectivity index (χ1v) is 14.8. The van der Waals surface area contributed by atoms with E-state index in [2.05, 4.69) is 5.32 Å². The molecule has 6 nitrogen and oxygen atoms in total. The topological polar surface area (TPSA) is 101 Å². The maximum atomic E-state index is 13.6. The van der Waals surface area contributed by atoms with Crippen molar-refractivity contribution in [1.29, 1.82) is 0 Å². The van der Waals surface area contributed by atoms with Crippen LogP contribution in [0.2, 0.25) is 10.0 Å². The molecule has 1 aliphatic rings. The second-order valence-electron chi connectivity index (χ2n) is 10.8. The number of piperidine rings is 1. The second-order valence-corrected chi connectivity index (χ2v) is 14.3. The highest BCUT2D eigenvalue weighted by molar-refractivity contribution is 7.92. The molecule has 1 amide bonds. The molecule has 0 bridgehead atoms. The highest BCUT2D eigenvalue weighted by Crippen LogP contribution is 2.47. The van der Waals surface area contributed by atoms with E-state index in [0.29, 0.717) is 22.0 Å². The van der Waals surface area contributed by atoms with Gasteiger partial charge in [-0.3, -0.25) is 9.59 Å².